The van der Waals surface area contributed by atoms with Crippen LogP contribution in [0.4, 0.5) is 17.6 Å². The summed E-state index contributed by atoms with van der Waals surface area (Å²) in [5.41, 5.74) is 6.79. The highest BCUT2D eigenvalue weighted by Gasteiger charge is 2.33. The average Bonchev–Trinajstić information content (AvgIpc) is 4.28. The molecule has 14 nitrogen and oxygen atoms in total. The van der Waals surface area contributed by atoms with Crippen LogP contribution in [0.2, 0.25) is 0 Å². The van der Waals surface area contributed by atoms with Crippen LogP contribution in [0.5, 0.6) is 5.75 Å². The van der Waals surface area contributed by atoms with Crippen molar-refractivity contribution in [3.63, 3.8) is 0 Å². The Labute approximate surface area is 404 Å². The normalized spacial score (nSPS) is 14.9. The van der Waals surface area contributed by atoms with Crippen LogP contribution in [0.1, 0.15) is 97.2 Å². The summed E-state index contributed by atoms with van der Waals surface area (Å²) in [5, 5.41) is 13.8. The first-order valence-electron chi connectivity index (χ1n) is 22.4. The summed E-state index contributed by atoms with van der Waals surface area (Å²) in [7, 11) is 1.42. The molecule has 70 heavy (non-hydrogen) atoms. The minimum Gasteiger partial charge on any atom is -0.505 e. The molecule has 4 N–H and O–H groups in total. The molecule has 21 heteroatoms. The zero-order valence-electron chi connectivity index (χ0n) is 37.6. The number of aromatic hydroxyl groups is 1. The zero-order valence-corrected chi connectivity index (χ0v) is 40.0. The van der Waals surface area contributed by atoms with Gasteiger partial charge in [-0.2, -0.15) is 0 Å². The molecule has 12 rings (SSSR count). The fourth-order valence-electron chi connectivity index (χ4n) is 9.13. The molecule has 2 aliphatic carbocycles. The van der Waals surface area contributed by atoms with E-state index in [1.807, 2.05) is 34.6 Å². The van der Waals surface area contributed by atoms with Crippen molar-refractivity contribution in [1.82, 2.24) is 28.7 Å². The summed E-state index contributed by atoms with van der Waals surface area (Å²) < 4.78 is 59.8. The third kappa shape index (κ3) is 7.79. The lowest BCUT2D eigenvalue weighted by molar-refractivity contribution is 0.0728. The number of hydrogen-bond donors (Lipinski definition) is 3. The Hall–Kier alpha value is -6.97. The molecule has 2 saturated carbocycles. The van der Waals surface area contributed by atoms with Gasteiger partial charge in [0.2, 0.25) is 5.43 Å². The van der Waals surface area contributed by atoms with E-state index >= 15 is 0 Å². The SMILES string of the molecule is CNC(=O)c1sc2c(c1O)c(=O)c1cc(F)c(F)cc1n2C1CC1.Cc1c(C(=O)N2CCCCC2)sc2nc3ccccn3c(=O)c12.Cc1c(C(N)=O)sc2c1c(=O)c1cc(F)c(F)cc1n2C1CC1. The number of aromatic nitrogens is 4. The van der Waals surface area contributed by atoms with Gasteiger partial charge in [0.05, 0.1) is 31.6 Å². The van der Waals surface area contributed by atoms with E-state index < -0.39 is 51.7 Å². The number of thiophene rings is 3. The minimum absolute atomic E-state index is 0.00939. The van der Waals surface area contributed by atoms with Crippen molar-refractivity contribution >= 4 is 110 Å². The van der Waals surface area contributed by atoms with Crippen LogP contribution in [-0.4, -0.2) is 66.4 Å². The predicted molar refractivity (Wildman–Crippen MR) is 263 cm³/mol. The smallest absolute Gasteiger partial charge is 0.266 e. The molecule has 0 atom stereocenters. The molecular weight excluding hydrogens is 971 g/mol. The van der Waals surface area contributed by atoms with E-state index in [9.17, 15) is 51.4 Å². The summed E-state index contributed by atoms with van der Waals surface area (Å²) in [6, 6.07) is 9.48. The highest BCUT2D eigenvalue weighted by atomic mass is 32.1. The van der Waals surface area contributed by atoms with Gasteiger partial charge in [0.15, 0.2) is 34.4 Å². The van der Waals surface area contributed by atoms with E-state index in [1.165, 1.54) is 29.2 Å². The van der Waals surface area contributed by atoms with Crippen molar-refractivity contribution in [2.75, 3.05) is 20.1 Å². The molecule has 9 aromatic rings. The molecule has 3 aliphatic rings. The Balaban J connectivity index is 0.000000122. The van der Waals surface area contributed by atoms with Crippen LogP contribution in [0.25, 0.3) is 58.1 Å². The van der Waals surface area contributed by atoms with Crippen molar-refractivity contribution in [2.45, 2.75) is 70.9 Å². The van der Waals surface area contributed by atoms with E-state index in [0.29, 0.717) is 51.7 Å². The Morgan fingerprint density at radius 3 is 1.80 bits per heavy atom. The van der Waals surface area contributed by atoms with E-state index in [4.69, 9.17) is 5.73 Å². The first kappa shape index (κ1) is 46.7. The number of primary amides is 1. The Bertz CT molecular complexity index is 3920. The number of carbonyl (C=O) groups excluding carboxylic acids is 3. The lowest BCUT2D eigenvalue weighted by Crippen LogP contribution is -2.35. The molecule has 360 valence electrons. The third-order valence-electron chi connectivity index (χ3n) is 12.9. The van der Waals surface area contributed by atoms with E-state index in [-0.39, 0.29) is 50.1 Å². The van der Waals surface area contributed by atoms with E-state index in [0.717, 1.165) is 104 Å². The molecule has 3 fully saturated rings. The number of nitrogens with zero attached hydrogens (tertiary/aromatic N) is 5. The first-order chi connectivity index (χ1) is 33.5. The zero-order chi connectivity index (χ0) is 49.6. The summed E-state index contributed by atoms with van der Waals surface area (Å²) in [6.07, 6.45) is 8.47. The average molecular weight is 1010 g/mol. The van der Waals surface area contributed by atoms with Gasteiger partial charge in [-0.25, -0.2) is 22.5 Å². The van der Waals surface area contributed by atoms with Gasteiger partial charge >= 0.3 is 0 Å². The number of fused-ring (bicyclic) bond motifs is 6. The number of nitrogens with one attached hydrogen (secondary N) is 1. The number of likely N-dealkylation sites (tertiary alicyclic amines) is 1. The van der Waals surface area contributed by atoms with Crippen LogP contribution in [-0.2, 0) is 0 Å². The number of piperidine rings is 1. The van der Waals surface area contributed by atoms with E-state index in [1.54, 1.807) is 17.7 Å². The second-order valence-electron chi connectivity index (χ2n) is 17.5. The van der Waals surface area contributed by atoms with Gasteiger partial charge in [-0.05, 0) is 94.2 Å². The van der Waals surface area contributed by atoms with Crippen molar-refractivity contribution < 1.29 is 37.1 Å². The van der Waals surface area contributed by atoms with Crippen LogP contribution in [0, 0.1) is 37.1 Å². The van der Waals surface area contributed by atoms with Crippen LogP contribution < -0.4 is 27.5 Å². The number of rotatable bonds is 5. The number of nitrogens with two attached hydrogens (primary N) is 1. The van der Waals surface area contributed by atoms with Crippen molar-refractivity contribution in [2.24, 2.45) is 5.73 Å². The molecule has 1 aliphatic heterocycles. The van der Waals surface area contributed by atoms with Crippen molar-refractivity contribution in [3.05, 3.63) is 128 Å². The fourth-order valence-corrected chi connectivity index (χ4v) is 12.7. The molecule has 7 aromatic heterocycles. The Morgan fingerprint density at radius 2 is 1.24 bits per heavy atom. The largest absolute Gasteiger partial charge is 0.505 e. The highest BCUT2D eigenvalue weighted by molar-refractivity contribution is 7.21. The van der Waals surface area contributed by atoms with Gasteiger partial charge in [0.25, 0.3) is 23.3 Å². The molecule has 3 amide bonds. The number of aryl methyl sites for hydroxylation is 2. The Kier molecular flexibility index (Phi) is 11.9. The number of halogens is 4. The van der Waals surface area contributed by atoms with Crippen molar-refractivity contribution in [3.8, 4) is 5.75 Å². The summed E-state index contributed by atoms with van der Waals surface area (Å²) >= 11 is 3.45. The standard InChI is InChI=1S/C17H17N3O2S.C16H12F2N2O3S.C16H12F2N2O2S/c1-11-13-15(18-12-7-3-6-10-20(12)16(13)21)23-14(11)17(22)19-8-4-2-5-9-19;1-19-15(23)14-13(22)11-12(21)7-4-8(17)9(18)5-10(7)20(6-2-3-6)16(11)24-14;1-6-12-13(21)8-4-9(17)10(18)5-11(8)20(7-2-3-7)16(12)23-14(6)15(19)22/h3,6-7,10H,2,4-5,8-9H2,1H3;4-6,22H,2-3H2,1H3,(H,19,23);4-5,7H,2-3H2,1H3,(H2,19,22). The van der Waals surface area contributed by atoms with Crippen LogP contribution in [0.3, 0.4) is 0 Å². The molecule has 0 bridgehead atoms. The number of carbonyl (C=O) groups is 3. The van der Waals surface area contributed by atoms with Crippen LogP contribution >= 0.6 is 34.0 Å². The predicted octanol–water partition coefficient (Wildman–Crippen LogP) is 8.97. The first-order valence-corrected chi connectivity index (χ1v) is 24.8. The van der Waals surface area contributed by atoms with Gasteiger partial charge < -0.3 is 30.2 Å². The molecule has 1 saturated heterocycles. The lowest BCUT2D eigenvalue weighted by atomic mass is 10.1. The van der Waals surface area contributed by atoms with Crippen LogP contribution in [0.15, 0.2) is 63.0 Å². The molecule has 2 aromatic carbocycles. The lowest BCUT2D eigenvalue weighted by Gasteiger charge is -2.26. The van der Waals surface area contributed by atoms with E-state index in [2.05, 4.69) is 10.3 Å². The number of pyridine rings is 3. The summed E-state index contributed by atoms with van der Waals surface area (Å²) in [6.45, 7) is 5.12. The van der Waals surface area contributed by atoms with Crippen molar-refractivity contribution in [1.29, 1.82) is 0 Å². The summed E-state index contributed by atoms with van der Waals surface area (Å²) in [5.74, 6) is -5.71. The van der Waals surface area contributed by atoms with Gasteiger partial charge in [0, 0.05) is 61.3 Å². The second kappa shape index (κ2) is 17.8. The highest BCUT2D eigenvalue weighted by Crippen LogP contribution is 2.45. The molecule has 0 spiro atoms. The fraction of sp³-hybridized carbons (Fsp3) is 0.286. The van der Waals surface area contributed by atoms with Gasteiger partial charge in [-0.3, -0.25) is 33.2 Å². The minimum atomic E-state index is -1.12. The number of amides is 3. The molecular formula is C49H41F4N7O7S3. The molecule has 8 heterocycles. The maximum absolute atomic E-state index is 13.7. The number of hydrogen-bond acceptors (Lipinski definition) is 11. The van der Waals surface area contributed by atoms with Gasteiger partial charge in [-0.15, -0.1) is 34.0 Å². The topological polar surface area (TPSA) is 191 Å². The van der Waals surface area contributed by atoms with Gasteiger partial charge in [-0.1, -0.05) is 6.07 Å². The maximum Gasteiger partial charge on any atom is 0.266 e. The second-order valence-corrected chi connectivity index (χ2v) is 20.5. The Morgan fingerprint density at radius 1 is 0.714 bits per heavy atom. The number of benzene rings is 2. The third-order valence-corrected chi connectivity index (χ3v) is 16.6. The maximum atomic E-state index is 13.7. The van der Waals surface area contributed by atoms with Gasteiger partial charge in [0.1, 0.15) is 30.4 Å². The molecule has 0 radical (unpaired) electrons. The summed E-state index contributed by atoms with van der Waals surface area (Å²) in [4.78, 5) is 83.6. The molecule has 0 unspecified atom stereocenters. The quantitative estimate of drug-likeness (QED) is 0.142. The monoisotopic (exact) mass is 1010 g/mol.